The van der Waals surface area contributed by atoms with Crippen molar-refractivity contribution in [1.82, 2.24) is 0 Å². The molecule has 0 aliphatic carbocycles. The number of carbonyl (C=O) groups is 1. The van der Waals surface area contributed by atoms with E-state index in [-0.39, 0.29) is 28.0 Å². The molecule has 7 heteroatoms. The standard InChI is InChI=1S/C13H14Cl2O5/c1-18-12-8(15)3-2-7(14)11(12)13(17)20-6-10-9(16)4-5-19-10/h2-3,9-10,16H,4-6H2,1H3. The lowest BCUT2D eigenvalue weighted by Crippen LogP contribution is -2.28. The summed E-state index contributed by atoms with van der Waals surface area (Å²) in [6, 6.07) is 3.02. The summed E-state index contributed by atoms with van der Waals surface area (Å²) in [6.07, 6.45) is -0.605. The molecule has 1 fully saturated rings. The molecule has 1 aromatic carbocycles. The van der Waals surface area contributed by atoms with Crippen LogP contribution in [0.4, 0.5) is 0 Å². The van der Waals surface area contributed by atoms with Crippen LogP contribution in [0.25, 0.3) is 0 Å². The largest absolute Gasteiger partial charge is 0.494 e. The van der Waals surface area contributed by atoms with Gasteiger partial charge >= 0.3 is 5.97 Å². The Morgan fingerprint density at radius 1 is 1.45 bits per heavy atom. The van der Waals surface area contributed by atoms with Crippen LogP contribution in [0.2, 0.25) is 10.0 Å². The lowest BCUT2D eigenvalue weighted by molar-refractivity contribution is -0.0144. The summed E-state index contributed by atoms with van der Waals surface area (Å²) in [4.78, 5) is 12.1. The number of aliphatic hydroxyl groups excluding tert-OH is 1. The Labute approximate surface area is 126 Å². The minimum Gasteiger partial charge on any atom is -0.494 e. The summed E-state index contributed by atoms with van der Waals surface area (Å²) in [6.45, 7) is 0.399. The van der Waals surface area contributed by atoms with E-state index in [2.05, 4.69) is 0 Å². The second-order valence-corrected chi connectivity index (χ2v) is 5.12. The molecule has 1 heterocycles. The Hall–Kier alpha value is -1.01. The van der Waals surface area contributed by atoms with Gasteiger partial charge in [0.1, 0.15) is 18.3 Å². The molecule has 0 spiro atoms. The molecule has 0 aromatic heterocycles. The van der Waals surface area contributed by atoms with E-state index in [4.69, 9.17) is 37.4 Å². The fourth-order valence-electron chi connectivity index (χ4n) is 1.95. The van der Waals surface area contributed by atoms with E-state index in [0.29, 0.717) is 13.0 Å². The molecule has 1 saturated heterocycles. The molecule has 0 amide bonds. The molecule has 0 radical (unpaired) electrons. The summed E-state index contributed by atoms with van der Waals surface area (Å²) in [7, 11) is 1.39. The van der Waals surface area contributed by atoms with Crippen molar-refractivity contribution in [2.75, 3.05) is 20.3 Å². The molecule has 2 atom stereocenters. The first kappa shape index (κ1) is 15.4. The minimum atomic E-state index is -0.669. The maximum absolute atomic E-state index is 12.1. The van der Waals surface area contributed by atoms with Crippen LogP contribution < -0.4 is 4.74 Å². The van der Waals surface area contributed by atoms with Crippen molar-refractivity contribution in [1.29, 1.82) is 0 Å². The van der Waals surface area contributed by atoms with Gasteiger partial charge in [-0.25, -0.2) is 4.79 Å². The van der Waals surface area contributed by atoms with Crippen LogP contribution in [0.3, 0.4) is 0 Å². The molecule has 1 aliphatic heterocycles. The van der Waals surface area contributed by atoms with Gasteiger partial charge in [-0.15, -0.1) is 0 Å². The van der Waals surface area contributed by atoms with Crippen LogP contribution in [0, 0.1) is 0 Å². The quantitative estimate of drug-likeness (QED) is 0.862. The smallest absolute Gasteiger partial charge is 0.343 e. The van der Waals surface area contributed by atoms with E-state index in [1.807, 2.05) is 0 Å². The zero-order valence-corrected chi connectivity index (χ0v) is 12.3. The Balaban J connectivity index is 2.11. The first-order valence-corrected chi connectivity index (χ1v) is 6.79. The number of hydrogen-bond donors (Lipinski definition) is 1. The fourth-order valence-corrected chi connectivity index (χ4v) is 2.41. The van der Waals surface area contributed by atoms with Crippen LogP contribution in [-0.4, -0.2) is 43.6 Å². The van der Waals surface area contributed by atoms with Gasteiger partial charge in [0.25, 0.3) is 0 Å². The SMILES string of the molecule is COc1c(Cl)ccc(Cl)c1C(=O)OCC1OCCC1O. The van der Waals surface area contributed by atoms with E-state index >= 15 is 0 Å². The molecular weight excluding hydrogens is 307 g/mol. The highest BCUT2D eigenvalue weighted by Crippen LogP contribution is 2.34. The van der Waals surface area contributed by atoms with E-state index in [0.717, 1.165) is 0 Å². The van der Waals surface area contributed by atoms with E-state index < -0.39 is 18.2 Å². The van der Waals surface area contributed by atoms with Crippen molar-refractivity contribution in [3.63, 3.8) is 0 Å². The predicted molar refractivity (Wildman–Crippen MR) is 73.7 cm³/mol. The van der Waals surface area contributed by atoms with Gasteiger partial charge in [0.2, 0.25) is 0 Å². The Kier molecular flexibility index (Phi) is 5.10. The topological polar surface area (TPSA) is 65.0 Å². The van der Waals surface area contributed by atoms with Gasteiger partial charge < -0.3 is 19.3 Å². The van der Waals surface area contributed by atoms with Crippen molar-refractivity contribution in [3.8, 4) is 5.75 Å². The average molecular weight is 321 g/mol. The molecule has 2 rings (SSSR count). The molecule has 0 bridgehead atoms. The van der Waals surface area contributed by atoms with Crippen molar-refractivity contribution in [2.45, 2.75) is 18.6 Å². The molecular formula is C13H14Cl2O5. The van der Waals surface area contributed by atoms with Gasteiger partial charge in [0, 0.05) is 6.61 Å². The number of hydrogen-bond acceptors (Lipinski definition) is 5. The highest BCUT2D eigenvalue weighted by Gasteiger charge is 2.29. The third-order valence-electron chi connectivity index (χ3n) is 3.02. The highest BCUT2D eigenvalue weighted by molar-refractivity contribution is 6.37. The number of benzene rings is 1. The Morgan fingerprint density at radius 2 is 2.15 bits per heavy atom. The van der Waals surface area contributed by atoms with Crippen LogP contribution >= 0.6 is 23.2 Å². The van der Waals surface area contributed by atoms with Crippen LogP contribution in [0.5, 0.6) is 5.75 Å². The van der Waals surface area contributed by atoms with Crippen molar-refractivity contribution < 1.29 is 24.1 Å². The van der Waals surface area contributed by atoms with Gasteiger partial charge in [0.05, 0.1) is 23.3 Å². The van der Waals surface area contributed by atoms with E-state index in [1.54, 1.807) is 0 Å². The van der Waals surface area contributed by atoms with E-state index in [1.165, 1.54) is 19.2 Å². The lowest BCUT2D eigenvalue weighted by atomic mass is 10.2. The number of carbonyl (C=O) groups excluding carboxylic acids is 1. The third kappa shape index (κ3) is 3.17. The van der Waals surface area contributed by atoms with Crippen LogP contribution in [0.15, 0.2) is 12.1 Å². The summed E-state index contributed by atoms with van der Waals surface area (Å²) in [5, 5.41) is 10.0. The molecule has 5 nitrogen and oxygen atoms in total. The predicted octanol–water partition coefficient (Wildman–Crippen LogP) is 2.31. The molecule has 2 unspecified atom stereocenters. The molecule has 0 saturated carbocycles. The van der Waals surface area contributed by atoms with Crippen LogP contribution in [0.1, 0.15) is 16.8 Å². The van der Waals surface area contributed by atoms with Gasteiger partial charge in [0.15, 0.2) is 5.75 Å². The minimum absolute atomic E-state index is 0.0496. The van der Waals surface area contributed by atoms with Crippen LogP contribution in [-0.2, 0) is 9.47 Å². The molecule has 1 aromatic rings. The van der Waals surface area contributed by atoms with Gasteiger partial charge in [-0.1, -0.05) is 23.2 Å². The van der Waals surface area contributed by atoms with Crippen molar-refractivity contribution in [2.24, 2.45) is 0 Å². The molecule has 110 valence electrons. The first-order valence-electron chi connectivity index (χ1n) is 6.03. The second-order valence-electron chi connectivity index (χ2n) is 4.30. The Bertz CT molecular complexity index is 506. The normalized spacial score (nSPS) is 21.8. The monoisotopic (exact) mass is 320 g/mol. The number of rotatable bonds is 4. The summed E-state index contributed by atoms with van der Waals surface area (Å²) < 4.78 is 15.4. The number of ether oxygens (including phenoxy) is 3. The van der Waals surface area contributed by atoms with Gasteiger partial charge in [-0.05, 0) is 18.6 Å². The third-order valence-corrected chi connectivity index (χ3v) is 3.63. The van der Waals surface area contributed by atoms with Gasteiger partial charge in [-0.2, -0.15) is 0 Å². The second kappa shape index (κ2) is 6.63. The molecule has 20 heavy (non-hydrogen) atoms. The summed E-state index contributed by atoms with van der Waals surface area (Å²) in [5.41, 5.74) is 0.0640. The lowest BCUT2D eigenvalue weighted by Gasteiger charge is -2.15. The zero-order chi connectivity index (χ0) is 14.7. The fraction of sp³-hybridized carbons (Fsp3) is 0.462. The number of methoxy groups -OCH3 is 1. The zero-order valence-electron chi connectivity index (χ0n) is 10.8. The van der Waals surface area contributed by atoms with Crippen molar-refractivity contribution in [3.05, 3.63) is 27.7 Å². The summed E-state index contributed by atoms with van der Waals surface area (Å²) in [5.74, 6) is -0.505. The first-order chi connectivity index (χ1) is 9.54. The number of esters is 1. The maximum atomic E-state index is 12.1. The average Bonchev–Trinajstić information content (AvgIpc) is 2.83. The number of aliphatic hydroxyl groups is 1. The van der Waals surface area contributed by atoms with Crippen molar-refractivity contribution >= 4 is 29.2 Å². The summed E-state index contributed by atoms with van der Waals surface area (Å²) >= 11 is 11.9. The molecule has 1 N–H and O–H groups in total. The Morgan fingerprint density at radius 3 is 2.75 bits per heavy atom. The highest BCUT2D eigenvalue weighted by atomic mass is 35.5. The van der Waals surface area contributed by atoms with Gasteiger partial charge in [-0.3, -0.25) is 0 Å². The maximum Gasteiger partial charge on any atom is 0.343 e. The number of halogens is 2. The molecule has 1 aliphatic rings. The van der Waals surface area contributed by atoms with E-state index in [9.17, 15) is 9.90 Å².